The molecular weight excluding hydrogens is 389 g/mol. The van der Waals surface area contributed by atoms with Gasteiger partial charge in [-0.15, -0.1) is 4.68 Å². The first-order valence-corrected chi connectivity index (χ1v) is 9.05. The highest BCUT2D eigenvalue weighted by Gasteiger charge is 2.30. The van der Waals surface area contributed by atoms with Gasteiger partial charge < -0.3 is 10.2 Å². The van der Waals surface area contributed by atoms with Crippen molar-refractivity contribution in [1.29, 1.82) is 0 Å². The maximum Gasteiger partial charge on any atom is 0.324 e. The number of aromatic nitrogens is 5. The number of rotatable bonds is 4. The summed E-state index contributed by atoms with van der Waals surface area (Å²) in [7, 11) is 4.86. The van der Waals surface area contributed by atoms with Gasteiger partial charge in [0.15, 0.2) is 7.05 Å². The topological polar surface area (TPSA) is 99.3 Å². The number of hydrogen-bond donors (Lipinski definition) is 2. The Morgan fingerprint density at radius 1 is 1.23 bits per heavy atom. The minimum Gasteiger partial charge on any atom is -0.344 e. The number of imidazole rings is 1. The fourth-order valence-electron chi connectivity index (χ4n) is 3.06. The number of amides is 2. The molecule has 4 aromatic rings. The van der Waals surface area contributed by atoms with E-state index in [1.165, 1.54) is 27.9 Å². The molecule has 4 rings (SSSR count). The van der Waals surface area contributed by atoms with Crippen LogP contribution in [0, 0.1) is 5.82 Å². The van der Waals surface area contributed by atoms with Crippen molar-refractivity contribution >= 4 is 23.4 Å². The molecule has 2 amide bonds. The van der Waals surface area contributed by atoms with Gasteiger partial charge in [-0.2, -0.15) is 10.1 Å². The molecule has 3 heterocycles. The van der Waals surface area contributed by atoms with E-state index < -0.39 is 5.91 Å². The molecule has 3 aromatic heterocycles. The molecule has 2 N–H and O–H groups in total. The van der Waals surface area contributed by atoms with E-state index in [1.54, 1.807) is 56.1 Å². The van der Waals surface area contributed by atoms with Gasteiger partial charge >= 0.3 is 11.6 Å². The highest BCUT2D eigenvalue weighted by Crippen LogP contribution is 2.20. The molecule has 0 saturated heterocycles. The number of carbonyl (C=O) groups excluding carboxylic acids is 2. The Kier molecular flexibility index (Phi) is 4.74. The van der Waals surface area contributed by atoms with Gasteiger partial charge in [0.2, 0.25) is 5.78 Å². The summed E-state index contributed by atoms with van der Waals surface area (Å²) in [4.78, 5) is 35.3. The van der Waals surface area contributed by atoms with Crippen LogP contribution in [0.3, 0.4) is 0 Å². The molecule has 0 aliphatic heterocycles. The molecule has 0 atom stereocenters. The molecule has 152 valence electrons. The predicted octanol–water partition coefficient (Wildman–Crippen LogP) is 1.64. The molecule has 0 aliphatic rings. The Balaban J connectivity index is 1.63. The molecule has 0 saturated carbocycles. The molecule has 0 spiro atoms. The van der Waals surface area contributed by atoms with Gasteiger partial charge in [0.1, 0.15) is 17.2 Å². The summed E-state index contributed by atoms with van der Waals surface area (Å²) in [5.41, 5.74) is 1.60. The maximum absolute atomic E-state index is 13.5. The Hall–Kier alpha value is -4.08. The van der Waals surface area contributed by atoms with Crippen molar-refractivity contribution in [3.8, 4) is 11.3 Å². The fraction of sp³-hybridized carbons (Fsp3) is 0.150. The van der Waals surface area contributed by atoms with E-state index in [4.69, 9.17) is 0 Å². The molecule has 1 aromatic carbocycles. The van der Waals surface area contributed by atoms with Crippen molar-refractivity contribution in [2.45, 2.75) is 0 Å². The van der Waals surface area contributed by atoms with Crippen LogP contribution >= 0.6 is 0 Å². The number of nitrogens with zero attached hydrogens (tertiary/aromatic N) is 5. The van der Waals surface area contributed by atoms with Crippen LogP contribution in [-0.4, -0.2) is 50.3 Å². The molecular formula is C20H19FN7O2+. The fourth-order valence-corrected chi connectivity index (χ4v) is 3.06. The molecule has 10 heteroatoms. The lowest BCUT2D eigenvalue weighted by Gasteiger charge is -2.08. The molecule has 0 aliphatic carbocycles. The van der Waals surface area contributed by atoms with Crippen molar-refractivity contribution in [3.05, 3.63) is 66.0 Å². The lowest BCUT2D eigenvalue weighted by atomic mass is 10.2. The van der Waals surface area contributed by atoms with Crippen molar-refractivity contribution in [3.63, 3.8) is 0 Å². The van der Waals surface area contributed by atoms with E-state index in [0.717, 1.165) is 0 Å². The Morgan fingerprint density at radius 3 is 2.77 bits per heavy atom. The smallest absolute Gasteiger partial charge is 0.324 e. The Bertz CT molecular complexity index is 1280. The van der Waals surface area contributed by atoms with Gasteiger partial charge in [0.05, 0.1) is 11.9 Å². The van der Waals surface area contributed by atoms with E-state index >= 15 is 0 Å². The first kappa shape index (κ1) is 19.2. The standard InChI is InChI=1S/C20H18FN7O2/c1-26(2)19(30)14-10-22-27(3)17(14)18(29)24-16-7-8-28-11-15(23-20(28)25-16)12-5-4-6-13(21)9-12/h4-11H,1-3H3,(H,23,24,25,29)/p+1. The van der Waals surface area contributed by atoms with Crippen LogP contribution in [0.5, 0.6) is 0 Å². The first-order valence-electron chi connectivity index (χ1n) is 9.05. The summed E-state index contributed by atoms with van der Waals surface area (Å²) in [5.74, 6) is -0.525. The normalized spacial score (nSPS) is 10.9. The Morgan fingerprint density at radius 2 is 2.03 bits per heavy atom. The first-order chi connectivity index (χ1) is 14.3. The third-order valence-corrected chi connectivity index (χ3v) is 4.53. The number of aryl methyl sites for hydroxylation is 1. The lowest BCUT2D eigenvalue weighted by molar-refractivity contribution is -0.728. The van der Waals surface area contributed by atoms with Crippen LogP contribution in [0.4, 0.5) is 10.2 Å². The van der Waals surface area contributed by atoms with Crippen molar-refractivity contribution < 1.29 is 18.7 Å². The van der Waals surface area contributed by atoms with Crippen LogP contribution in [0.25, 0.3) is 17.0 Å². The minimum atomic E-state index is -0.488. The van der Waals surface area contributed by atoms with E-state index in [1.807, 2.05) is 0 Å². The number of nitrogens with one attached hydrogen (secondary N) is 2. The number of aromatic amines is 1. The number of H-pyrrole nitrogens is 1. The third-order valence-electron chi connectivity index (χ3n) is 4.53. The van der Waals surface area contributed by atoms with Crippen LogP contribution in [0.15, 0.2) is 48.9 Å². The van der Waals surface area contributed by atoms with Crippen molar-refractivity contribution in [2.24, 2.45) is 7.05 Å². The predicted molar refractivity (Wildman–Crippen MR) is 106 cm³/mol. The van der Waals surface area contributed by atoms with E-state index in [0.29, 0.717) is 17.0 Å². The van der Waals surface area contributed by atoms with Gasteiger partial charge in [-0.25, -0.2) is 9.37 Å². The van der Waals surface area contributed by atoms with Gasteiger partial charge in [-0.05, 0) is 18.2 Å². The zero-order valence-corrected chi connectivity index (χ0v) is 16.5. The summed E-state index contributed by atoms with van der Waals surface area (Å²) in [6.45, 7) is 0. The molecule has 0 fully saturated rings. The van der Waals surface area contributed by atoms with Crippen LogP contribution < -0.4 is 10.00 Å². The second-order valence-corrected chi connectivity index (χ2v) is 6.90. The lowest BCUT2D eigenvalue weighted by Crippen LogP contribution is -2.40. The molecule has 30 heavy (non-hydrogen) atoms. The highest BCUT2D eigenvalue weighted by molar-refractivity contribution is 6.09. The third kappa shape index (κ3) is 3.50. The number of halogens is 1. The van der Waals surface area contributed by atoms with Crippen LogP contribution in [0.2, 0.25) is 0 Å². The SMILES string of the molecule is CN(C)C(=O)c1c[nH][n+](C)c1C(=O)Nc1ccn2cc(-c3cccc(F)c3)nc2n1. The number of anilines is 1. The van der Waals surface area contributed by atoms with Gasteiger partial charge in [0.25, 0.3) is 5.91 Å². The molecule has 0 unspecified atom stereocenters. The number of fused-ring (bicyclic) bond motifs is 1. The van der Waals surface area contributed by atoms with Crippen molar-refractivity contribution in [2.75, 3.05) is 19.4 Å². The average Bonchev–Trinajstić information content (AvgIpc) is 3.30. The average molecular weight is 408 g/mol. The molecule has 9 nitrogen and oxygen atoms in total. The van der Waals surface area contributed by atoms with E-state index in [-0.39, 0.29) is 28.8 Å². The summed E-state index contributed by atoms with van der Waals surface area (Å²) >= 11 is 0. The van der Waals surface area contributed by atoms with Crippen molar-refractivity contribution in [1.82, 2.24) is 24.4 Å². The van der Waals surface area contributed by atoms with Gasteiger partial charge in [-0.1, -0.05) is 12.1 Å². The summed E-state index contributed by atoms with van der Waals surface area (Å²) in [6, 6.07) is 7.73. The van der Waals surface area contributed by atoms with Crippen LogP contribution in [0.1, 0.15) is 20.8 Å². The Labute approximate surface area is 170 Å². The van der Waals surface area contributed by atoms with E-state index in [9.17, 15) is 14.0 Å². The zero-order chi connectivity index (χ0) is 21.4. The maximum atomic E-state index is 13.5. The quantitative estimate of drug-likeness (QED) is 0.502. The zero-order valence-electron chi connectivity index (χ0n) is 16.5. The highest BCUT2D eigenvalue weighted by atomic mass is 19.1. The molecule has 0 bridgehead atoms. The second-order valence-electron chi connectivity index (χ2n) is 6.90. The summed E-state index contributed by atoms with van der Waals surface area (Å²) in [5, 5.41) is 5.53. The van der Waals surface area contributed by atoms with Gasteiger partial charge in [0, 0.05) is 32.1 Å². The number of benzene rings is 1. The minimum absolute atomic E-state index is 0.180. The number of hydrogen-bond acceptors (Lipinski definition) is 4. The van der Waals surface area contributed by atoms with Gasteiger partial charge in [-0.3, -0.25) is 14.0 Å². The van der Waals surface area contributed by atoms with E-state index in [2.05, 4.69) is 20.4 Å². The summed E-state index contributed by atoms with van der Waals surface area (Å²) < 4.78 is 16.6. The number of carbonyl (C=O) groups is 2. The monoisotopic (exact) mass is 408 g/mol. The largest absolute Gasteiger partial charge is 0.344 e. The molecule has 0 radical (unpaired) electrons. The van der Waals surface area contributed by atoms with Crippen LogP contribution in [-0.2, 0) is 7.05 Å². The summed E-state index contributed by atoms with van der Waals surface area (Å²) in [6.07, 6.45) is 4.90. The second kappa shape index (κ2) is 7.39.